The minimum Gasteiger partial charge on any atom is -0.386 e. The Bertz CT molecular complexity index is 137. The van der Waals surface area contributed by atoms with Gasteiger partial charge in [-0.05, 0) is 12.8 Å². The number of nitrogens with two attached hydrogens (primary N) is 1. The zero-order valence-electron chi connectivity index (χ0n) is 9.45. The molecule has 0 aromatic carbocycles. The molecule has 14 heavy (non-hydrogen) atoms. The standard InChI is InChI=1S/C10H23NO3/c1-9(2)6-13-4-5-14-8-10(3,12)7-11/h9,12H,4-8,11H2,1-3H3. The summed E-state index contributed by atoms with van der Waals surface area (Å²) in [6.07, 6.45) is 0. The number of aliphatic hydroxyl groups is 1. The smallest absolute Gasteiger partial charge is 0.0973 e. The summed E-state index contributed by atoms with van der Waals surface area (Å²) in [5, 5.41) is 9.48. The van der Waals surface area contributed by atoms with Crippen LogP contribution in [-0.4, -0.2) is 43.7 Å². The highest BCUT2D eigenvalue weighted by molar-refractivity contribution is 4.71. The molecule has 0 aliphatic carbocycles. The maximum absolute atomic E-state index is 9.48. The van der Waals surface area contributed by atoms with Crippen LogP contribution in [0.1, 0.15) is 20.8 Å². The van der Waals surface area contributed by atoms with Gasteiger partial charge in [-0.15, -0.1) is 0 Å². The third-order valence-electron chi connectivity index (χ3n) is 1.68. The fraction of sp³-hybridized carbons (Fsp3) is 1.00. The lowest BCUT2D eigenvalue weighted by atomic mass is 10.1. The van der Waals surface area contributed by atoms with Gasteiger partial charge < -0.3 is 20.3 Å². The van der Waals surface area contributed by atoms with E-state index in [4.69, 9.17) is 15.2 Å². The van der Waals surface area contributed by atoms with E-state index >= 15 is 0 Å². The van der Waals surface area contributed by atoms with Crippen LogP contribution in [0.3, 0.4) is 0 Å². The molecule has 0 aliphatic rings. The van der Waals surface area contributed by atoms with Crippen molar-refractivity contribution < 1.29 is 14.6 Å². The van der Waals surface area contributed by atoms with Crippen LogP contribution in [0.15, 0.2) is 0 Å². The Morgan fingerprint density at radius 1 is 1.29 bits per heavy atom. The summed E-state index contributed by atoms with van der Waals surface area (Å²) in [6, 6.07) is 0. The van der Waals surface area contributed by atoms with Crippen LogP contribution in [0.2, 0.25) is 0 Å². The summed E-state index contributed by atoms with van der Waals surface area (Å²) in [7, 11) is 0. The highest BCUT2D eigenvalue weighted by atomic mass is 16.5. The number of rotatable bonds is 8. The predicted molar refractivity (Wildman–Crippen MR) is 56.2 cm³/mol. The molecule has 0 fully saturated rings. The van der Waals surface area contributed by atoms with Crippen molar-refractivity contribution in [3.63, 3.8) is 0 Å². The summed E-state index contributed by atoms with van der Waals surface area (Å²) in [5.41, 5.74) is 4.41. The van der Waals surface area contributed by atoms with E-state index in [1.807, 2.05) is 0 Å². The summed E-state index contributed by atoms with van der Waals surface area (Å²) in [6.45, 7) is 8.13. The Hall–Kier alpha value is -0.160. The first-order valence-corrected chi connectivity index (χ1v) is 5.06. The average molecular weight is 205 g/mol. The van der Waals surface area contributed by atoms with Crippen molar-refractivity contribution in [3.05, 3.63) is 0 Å². The molecule has 0 saturated carbocycles. The lowest BCUT2D eigenvalue weighted by Gasteiger charge is -2.20. The summed E-state index contributed by atoms with van der Waals surface area (Å²) in [5.74, 6) is 0.544. The van der Waals surface area contributed by atoms with Crippen molar-refractivity contribution in [1.29, 1.82) is 0 Å². The van der Waals surface area contributed by atoms with Crippen molar-refractivity contribution in [3.8, 4) is 0 Å². The van der Waals surface area contributed by atoms with Gasteiger partial charge in [0, 0.05) is 13.2 Å². The second kappa shape index (κ2) is 7.17. The lowest BCUT2D eigenvalue weighted by molar-refractivity contribution is -0.0440. The molecule has 0 radical (unpaired) electrons. The van der Waals surface area contributed by atoms with Gasteiger partial charge in [0.2, 0.25) is 0 Å². The predicted octanol–water partition coefficient (Wildman–Crippen LogP) is 0.385. The van der Waals surface area contributed by atoms with E-state index in [9.17, 15) is 5.11 Å². The van der Waals surface area contributed by atoms with Crippen molar-refractivity contribution in [2.75, 3.05) is 33.0 Å². The molecule has 86 valence electrons. The van der Waals surface area contributed by atoms with Gasteiger partial charge in [0.1, 0.15) is 0 Å². The molecular weight excluding hydrogens is 182 g/mol. The fourth-order valence-corrected chi connectivity index (χ4v) is 0.788. The molecule has 4 heteroatoms. The number of ether oxygens (including phenoxy) is 2. The van der Waals surface area contributed by atoms with Crippen LogP contribution in [-0.2, 0) is 9.47 Å². The van der Waals surface area contributed by atoms with Crippen LogP contribution >= 0.6 is 0 Å². The monoisotopic (exact) mass is 205 g/mol. The Balaban J connectivity index is 3.21. The van der Waals surface area contributed by atoms with Gasteiger partial charge in [-0.3, -0.25) is 0 Å². The van der Waals surface area contributed by atoms with Crippen molar-refractivity contribution in [2.24, 2.45) is 11.7 Å². The van der Waals surface area contributed by atoms with E-state index in [0.29, 0.717) is 19.1 Å². The first-order valence-electron chi connectivity index (χ1n) is 5.06. The topological polar surface area (TPSA) is 64.7 Å². The quantitative estimate of drug-likeness (QED) is 0.562. The van der Waals surface area contributed by atoms with E-state index in [2.05, 4.69) is 13.8 Å². The highest BCUT2D eigenvalue weighted by Gasteiger charge is 2.17. The van der Waals surface area contributed by atoms with Crippen molar-refractivity contribution >= 4 is 0 Å². The van der Waals surface area contributed by atoms with Crippen LogP contribution < -0.4 is 5.73 Å². The van der Waals surface area contributed by atoms with Gasteiger partial charge in [0.15, 0.2) is 0 Å². The maximum Gasteiger partial charge on any atom is 0.0973 e. The Morgan fingerprint density at radius 3 is 2.36 bits per heavy atom. The molecule has 0 aliphatic heterocycles. The van der Waals surface area contributed by atoms with Gasteiger partial charge in [-0.25, -0.2) is 0 Å². The molecule has 0 rings (SSSR count). The molecule has 0 spiro atoms. The van der Waals surface area contributed by atoms with E-state index in [1.54, 1.807) is 6.92 Å². The zero-order valence-corrected chi connectivity index (χ0v) is 9.45. The lowest BCUT2D eigenvalue weighted by Crippen LogP contribution is -2.39. The van der Waals surface area contributed by atoms with E-state index in [0.717, 1.165) is 6.61 Å². The fourth-order valence-electron chi connectivity index (χ4n) is 0.788. The van der Waals surface area contributed by atoms with Crippen LogP contribution in [0.5, 0.6) is 0 Å². The molecule has 0 bridgehead atoms. The van der Waals surface area contributed by atoms with Crippen LogP contribution in [0.25, 0.3) is 0 Å². The minimum atomic E-state index is -0.919. The van der Waals surface area contributed by atoms with Gasteiger partial charge >= 0.3 is 0 Å². The molecule has 0 amide bonds. The van der Waals surface area contributed by atoms with Crippen LogP contribution in [0, 0.1) is 5.92 Å². The van der Waals surface area contributed by atoms with Gasteiger partial charge in [0.05, 0.1) is 25.4 Å². The van der Waals surface area contributed by atoms with Crippen LogP contribution in [0.4, 0.5) is 0 Å². The first kappa shape index (κ1) is 13.8. The third kappa shape index (κ3) is 8.44. The second-order valence-electron chi connectivity index (χ2n) is 4.22. The molecule has 4 nitrogen and oxygen atoms in total. The molecule has 1 unspecified atom stereocenters. The Morgan fingerprint density at radius 2 is 1.86 bits per heavy atom. The normalized spacial score (nSPS) is 15.9. The summed E-state index contributed by atoms with van der Waals surface area (Å²) >= 11 is 0. The molecular formula is C10H23NO3. The molecule has 1 atom stereocenters. The highest BCUT2D eigenvalue weighted by Crippen LogP contribution is 2.00. The molecule has 3 N–H and O–H groups in total. The zero-order chi connectivity index (χ0) is 11.0. The number of hydrogen-bond donors (Lipinski definition) is 2. The van der Waals surface area contributed by atoms with Crippen molar-refractivity contribution in [1.82, 2.24) is 0 Å². The molecule has 0 heterocycles. The second-order valence-corrected chi connectivity index (χ2v) is 4.22. The largest absolute Gasteiger partial charge is 0.386 e. The van der Waals surface area contributed by atoms with Crippen molar-refractivity contribution in [2.45, 2.75) is 26.4 Å². The minimum absolute atomic E-state index is 0.208. The summed E-state index contributed by atoms with van der Waals surface area (Å²) in [4.78, 5) is 0. The van der Waals surface area contributed by atoms with Gasteiger partial charge in [-0.2, -0.15) is 0 Å². The molecule has 0 saturated heterocycles. The Kier molecular flexibility index (Phi) is 7.09. The van der Waals surface area contributed by atoms with Gasteiger partial charge in [0.25, 0.3) is 0 Å². The molecule has 0 aromatic heterocycles. The first-order chi connectivity index (χ1) is 6.48. The molecule has 0 aromatic rings. The number of hydrogen-bond acceptors (Lipinski definition) is 4. The van der Waals surface area contributed by atoms with E-state index in [-0.39, 0.29) is 13.2 Å². The maximum atomic E-state index is 9.48. The summed E-state index contributed by atoms with van der Waals surface area (Å²) < 4.78 is 10.5. The SMILES string of the molecule is CC(C)COCCOCC(C)(O)CN. The Labute approximate surface area is 86.4 Å². The average Bonchev–Trinajstić information content (AvgIpc) is 2.10. The van der Waals surface area contributed by atoms with E-state index < -0.39 is 5.60 Å². The van der Waals surface area contributed by atoms with E-state index in [1.165, 1.54) is 0 Å². The van der Waals surface area contributed by atoms with Gasteiger partial charge in [-0.1, -0.05) is 13.8 Å². The third-order valence-corrected chi connectivity index (χ3v) is 1.68.